The van der Waals surface area contributed by atoms with E-state index in [4.69, 9.17) is 9.84 Å². The second-order valence-corrected chi connectivity index (χ2v) is 5.12. The number of carbonyl (C=O) groups is 1. The average molecular weight is 281 g/mol. The van der Waals surface area contributed by atoms with Gasteiger partial charge in [0.1, 0.15) is 5.82 Å². The number of aromatic carboxylic acids is 1. The molecule has 2 rings (SSSR count). The van der Waals surface area contributed by atoms with Gasteiger partial charge in [-0.1, -0.05) is 6.92 Å². The molecule has 1 aromatic carbocycles. The molecule has 1 fully saturated rings. The number of likely N-dealkylation sites (N-methyl/N-ethyl adjacent to an activating group) is 1. The molecule has 1 unspecified atom stereocenters. The van der Waals surface area contributed by atoms with E-state index in [0.717, 1.165) is 38.6 Å². The van der Waals surface area contributed by atoms with Gasteiger partial charge in [-0.25, -0.2) is 9.18 Å². The van der Waals surface area contributed by atoms with E-state index in [1.807, 2.05) is 6.92 Å². The molecule has 1 heterocycles. The van der Waals surface area contributed by atoms with Crippen LogP contribution in [0.15, 0.2) is 18.2 Å². The zero-order valence-corrected chi connectivity index (χ0v) is 11.6. The smallest absolute Gasteiger partial charge is 0.335 e. The molecule has 1 aliphatic heterocycles. The summed E-state index contributed by atoms with van der Waals surface area (Å²) in [6.45, 7) is 5.00. The van der Waals surface area contributed by atoms with Crippen LogP contribution in [0.4, 0.5) is 4.39 Å². The van der Waals surface area contributed by atoms with E-state index < -0.39 is 11.8 Å². The third-order valence-corrected chi connectivity index (χ3v) is 3.54. The standard InChI is InChI=1S/C15H20FNO3/c1-2-17(10-14-4-3-5-20-14)9-11-6-12(15(18)19)8-13(16)7-11/h6-8,14H,2-5,9-10H2,1H3,(H,18,19). The number of carboxylic acids is 1. The highest BCUT2D eigenvalue weighted by Crippen LogP contribution is 2.16. The fraction of sp³-hybridized carbons (Fsp3) is 0.533. The minimum absolute atomic E-state index is 0.00632. The lowest BCUT2D eigenvalue weighted by Gasteiger charge is -2.23. The monoisotopic (exact) mass is 281 g/mol. The van der Waals surface area contributed by atoms with Gasteiger partial charge in [0, 0.05) is 19.7 Å². The molecule has 0 amide bonds. The molecule has 20 heavy (non-hydrogen) atoms. The van der Waals surface area contributed by atoms with Crippen LogP contribution in [0.25, 0.3) is 0 Å². The molecule has 0 aliphatic carbocycles. The Bertz CT molecular complexity index is 472. The summed E-state index contributed by atoms with van der Waals surface area (Å²) in [5, 5.41) is 8.95. The zero-order chi connectivity index (χ0) is 14.5. The van der Waals surface area contributed by atoms with Crippen LogP contribution in [-0.4, -0.2) is 41.8 Å². The van der Waals surface area contributed by atoms with E-state index >= 15 is 0 Å². The van der Waals surface area contributed by atoms with E-state index in [2.05, 4.69) is 4.90 Å². The summed E-state index contributed by atoms with van der Waals surface area (Å²) in [4.78, 5) is 13.1. The van der Waals surface area contributed by atoms with Crippen molar-refractivity contribution in [3.8, 4) is 0 Å². The Balaban J connectivity index is 2.04. The Morgan fingerprint density at radius 2 is 2.30 bits per heavy atom. The SMILES string of the molecule is CCN(Cc1cc(F)cc(C(=O)O)c1)CC1CCCO1. The lowest BCUT2D eigenvalue weighted by molar-refractivity contribution is 0.0692. The first-order valence-corrected chi connectivity index (χ1v) is 6.95. The van der Waals surface area contributed by atoms with E-state index in [1.165, 1.54) is 12.1 Å². The highest BCUT2D eigenvalue weighted by atomic mass is 19.1. The van der Waals surface area contributed by atoms with Gasteiger partial charge in [0.25, 0.3) is 0 Å². The normalized spacial score (nSPS) is 18.6. The molecule has 1 saturated heterocycles. The zero-order valence-electron chi connectivity index (χ0n) is 11.6. The summed E-state index contributed by atoms with van der Waals surface area (Å²) < 4.78 is 19.0. The Hall–Kier alpha value is -1.46. The lowest BCUT2D eigenvalue weighted by Crippen LogP contribution is -2.31. The molecular formula is C15H20FNO3. The lowest BCUT2D eigenvalue weighted by atomic mass is 10.1. The van der Waals surface area contributed by atoms with Gasteiger partial charge in [-0.3, -0.25) is 4.90 Å². The molecule has 4 nitrogen and oxygen atoms in total. The topological polar surface area (TPSA) is 49.8 Å². The van der Waals surface area contributed by atoms with Crippen molar-refractivity contribution >= 4 is 5.97 Å². The van der Waals surface area contributed by atoms with E-state index in [0.29, 0.717) is 12.1 Å². The van der Waals surface area contributed by atoms with Gasteiger partial charge in [0.15, 0.2) is 0 Å². The Morgan fingerprint density at radius 1 is 1.50 bits per heavy atom. The van der Waals surface area contributed by atoms with Gasteiger partial charge in [-0.15, -0.1) is 0 Å². The van der Waals surface area contributed by atoms with E-state index in [9.17, 15) is 9.18 Å². The molecule has 5 heteroatoms. The quantitative estimate of drug-likeness (QED) is 0.870. The van der Waals surface area contributed by atoms with Gasteiger partial charge in [-0.05, 0) is 43.1 Å². The molecule has 110 valence electrons. The third-order valence-electron chi connectivity index (χ3n) is 3.54. The molecule has 0 aromatic heterocycles. The maximum atomic E-state index is 13.4. The van der Waals surface area contributed by atoms with Crippen LogP contribution >= 0.6 is 0 Å². The molecule has 1 atom stereocenters. The van der Waals surface area contributed by atoms with E-state index in [-0.39, 0.29) is 11.7 Å². The van der Waals surface area contributed by atoms with Crippen LogP contribution in [0.2, 0.25) is 0 Å². The summed E-state index contributed by atoms with van der Waals surface area (Å²) in [6.07, 6.45) is 2.38. The van der Waals surface area contributed by atoms with Crippen LogP contribution < -0.4 is 0 Å². The number of hydrogen-bond donors (Lipinski definition) is 1. The highest BCUT2D eigenvalue weighted by Gasteiger charge is 2.19. The molecule has 1 aromatic rings. The number of carboxylic acid groups (broad SMARTS) is 1. The minimum atomic E-state index is -1.10. The first kappa shape index (κ1) is 14.9. The van der Waals surface area contributed by atoms with Crippen LogP contribution in [0.5, 0.6) is 0 Å². The highest BCUT2D eigenvalue weighted by molar-refractivity contribution is 5.87. The summed E-state index contributed by atoms with van der Waals surface area (Å²) in [6, 6.07) is 3.97. The maximum Gasteiger partial charge on any atom is 0.335 e. The summed E-state index contributed by atoms with van der Waals surface area (Å²) >= 11 is 0. The molecule has 1 aliphatic rings. The van der Waals surface area contributed by atoms with Gasteiger partial charge >= 0.3 is 5.97 Å². The van der Waals surface area contributed by atoms with Gasteiger partial charge < -0.3 is 9.84 Å². The predicted octanol–water partition coefficient (Wildman–Crippen LogP) is 2.52. The number of nitrogens with zero attached hydrogens (tertiary/aromatic N) is 1. The minimum Gasteiger partial charge on any atom is -0.478 e. The number of benzene rings is 1. The molecule has 0 radical (unpaired) electrons. The second kappa shape index (κ2) is 6.81. The predicted molar refractivity (Wildman–Crippen MR) is 73.3 cm³/mol. The molecule has 0 spiro atoms. The molecule has 0 bridgehead atoms. The first-order valence-electron chi connectivity index (χ1n) is 6.95. The van der Waals surface area contributed by atoms with Crippen molar-refractivity contribution in [3.05, 3.63) is 35.1 Å². The number of rotatable bonds is 6. The number of ether oxygens (including phenoxy) is 1. The maximum absolute atomic E-state index is 13.4. The van der Waals surface area contributed by atoms with Crippen LogP contribution in [0.3, 0.4) is 0 Å². The fourth-order valence-corrected chi connectivity index (χ4v) is 2.51. The van der Waals surface area contributed by atoms with Crippen LogP contribution in [0.1, 0.15) is 35.7 Å². The number of halogens is 1. The van der Waals surface area contributed by atoms with Crippen molar-refractivity contribution in [1.29, 1.82) is 0 Å². The Kier molecular flexibility index (Phi) is 5.09. The molecular weight excluding hydrogens is 261 g/mol. The van der Waals surface area contributed by atoms with Gasteiger partial charge in [0.2, 0.25) is 0 Å². The van der Waals surface area contributed by atoms with Crippen molar-refractivity contribution in [2.45, 2.75) is 32.4 Å². The fourth-order valence-electron chi connectivity index (χ4n) is 2.51. The average Bonchev–Trinajstić information content (AvgIpc) is 2.90. The second-order valence-electron chi connectivity index (χ2n) is 5.12. The van der Waals surface area contributed by atoms with E-state index in [1.54, 1.807) is 0 Å². The van der Waals surface area contributed by atoms with Crippen molar-refractivity contribution in [2.75, 3.05) is 19.7 Å². The number of hydrogen-bond acceptors (Lipinski definition) is 3. The van der Waals surface area contributed by atoms with Crippen LogP contribution in [-0.2, 0) is 11.3 Å². The Morgan fingerprint density at radius 3 is 2.90 bits per heavy atom. The summed E-state index contributed by atoms with van der Waals surface area (Å²) in [5.74, 6) is -1.61. The molecule has 0 saturated carbocycles. The van der Waals surface area contributed by atoms with Gasteiger partial charge in [-0.2, -0.15) is 0 Å². The van der Waals surface area contributed by atoms with Gasteiger partial charge in [0.05, 0.1) is 11.7 Å². The summed E-state index contributed by atoms with van der Waals surface area (Å²) in [5.41, 5.74) is 0.676. The summed E-state index contributed by atoms with van der Waals surface area (Å²) in [7, 11) is 0. The van der Waals surface area contributed by atoms with Crippen molar-refractivity contribution in [2.24, 2.45) is 0 Å². The van der Waals surface area contributed by atoms with Crippen LogP contribution in [0, 0.1) is 5.82 Å². The van der Waals surface area contributed by atoms with Crippen molar-refractivity contribution in [3.63, 3.8) is 0 Å². The largest absolute Gasteiger partial charge is 0.478 e. The first-order chi connectivity index (χ1) is 9.58. The van der Waals surface area contributed by atoms with Crippen molar-refractivity contribution < 1.29 is 19.0 Å². The van der Waals surface area contributed by atoms with Crippen molar-refractivity contribution in [1.82, 2.24) is 4.90 Å². The molecule has 1 N–H and O–H groups in total. The Labute approximate surface area is 118 Å². The third kappa shape index (κ3) is 4.02.